The summed E-state index contributed by atoms with van der Waals surface area (Å²) in [5.41, 5.74) is -0.929. The monoisotopic (exact) mass is 461 g/mol. The Balaban J connectivity index is 1.52. The number of carbonyl (C=O) groups excluding carboxylic acids is 1. The predicted molar refractivity (Wildman–Crippen MR) is 115 cm³/mol. The van der Waals surface area contributed by atoms with Crippen LogP contribution in [0.15, 0.2) is 18.5 Å². The van der Waals surface area contributed by atoms with E-state index in [2.05, 4.69) is 37.0 Å². The van der Waals surface area contributed by atoms with Crippen LogP contribution in [0.25, 0.3) is 11.3 Å². The van der Waals surface area contributed by atoms with E-state index in [9.17, 15) is 18.0 Å². The van der Waals surface area contributed by atoms with Gasteiger partial charge in [-0.3, -0.25) is 4.79 Å². The molecule has 1 aliphatic heterocycles. The minimum Gasteiger partial charge on any atom is -0.357 e. The summed E-state index contributed by atoms with van der Waals surface area (Å²) < 4.78 is 40.9. The molecule has 8 nitrogen and oxygen atoms in total. The third-order valence-electron chi connectivity index (χ3n) is 6.17. The van der Waals surface area contributed by atoms with Crippen molar-refractivity contribution in [2.24, 2.45) is 5.92 Å². The van der Waals surface area contributed by atoms with Crippen LogP contribution < -0.4 is 16.0 Å². The number of hydrogen-bond acceptors (Lipinski definition) is 6. The largest absolute Gasteiger partial charge is 0.419 e. The molecule has 2 fully saturated rings. The zero-order chi connectivity index (χ0) is 23.4. The van der Waals surface area contributed by atoms with Gasteiger partial charge >= 0.3 is 6.18 Å². The first-order valence-corrected chi connectivity index (χ1v) is 11.1. The lowest BCUT2D eigenvalue weighted by atomic mass is 9.87. The third-order valence-corrected chi connectivity index (χ3v) is 6.17. The first-order chi connectivity index (χ1) is 15.8. The number of nitriles is 1. The molecule has 1 aliphatic carbocycles. The Bertz CT molecular complexity index is 1020. The number of rotatable bonds is 5. The summed E-state index contributed by atoms with van der Waals surface area (Å²) >= 11 is 0. The van der Waals surface area contributed by atoms with E-state index in [4.69, 9.17) is 5.26 Å². The quantitative estimate of drug-likeness (QED) is 0.542. The Labute approximate surface area is 189 Å². The third kappa shape index (κ3) is 5.63. The lowest BCUT2D eigenvalue weighted by Crippen LogP contribution is -2.38. The number of anilines is 1. The van der Waals surface area contributed by atoms with Gasteiger partial charge < -0.3 is 20.9 Å². The molecular formula is C22H26F3N7O. The Morgan fingerprint density at radius 2 is 1.97 bits per heavy atom. The smallest absolute Gasteiger partial charge is 0.357 e. The summed E-state index contributed by atoms with van der Waals surface area (Å²) in [6.07, 6.45) is 2.17. The molecule has 33 heavy (non-hydrogen) atoms. The molecule has 11 heteroatoms. The fraction of sp³-hybridized carbons (Fsp3) is 0.545. The van der Waals surface area contributed by atoms with Crippen molar-refractivity contribution in [3.8, 4) is 17.3 Å². The molecule has 4 N–H and O–H groups in total. The number of carbonyl (C=O) groups is 1. The van der Waals surface area contributed by atoms with Gasteiger partial charge in [0, 0.05) is 42.5 Å². The second kappa shape index (κ2) is 9.79. The van der Waals surface area contributed by atoms with E-state index in [0.717, 1.165) is 38.4 Å². The van der Waals surface area contributed by atoms with Crippen molar-refractivity contribution in [3.63, 3.8) is 0 Å². The zero-order valence-corrected chi connectivity index (χ0v) is 18.0. The highest BCUT2D eigenvalue weighted by molar-refractivity contribution is 5.94. The van der Waals surface area contributed by atoms with Crippen LogP contribution in [0, 0.1) is 17.2 Å². The van der Waals surface area contributed by atoms with Crippen LogP contribution in [-0.4, -0.2) is 46.0 Å². The first-order valence-electron chi connectivity index (χ1n) is 11.1. The molecule has 0 aromatic carbocycles. The summed E-state index contributed by atoms with van der Waals surface area (Å²) in [5.74, 6) is -0.259. The molecule has 0 bridgehead atoms. The van der Waals surface area contributed by atoms with Crippen LogP contribution >= 0.6 is 0 Å². The molecule has 3 heterocycles. The molecule has 1 amide bonds. The van der Waals surface area contributed by atoms with Crippen LogP contribution in [0.5, 0.6) is 0 Å². The Kier molecular flexibility index (Phi) is 6.83. The summed E-state index contributed by atoms with van der Waals surface area (Å²) in [7, 11) is 0. The second-order valence-corrected chi connectivity index (χ2v) is 8.59. The van der Waals surface area contributed by atoms with Gasteiger partial charge in [0.1, 0.15) is 11.3 Å². The number of piperidine rings is 1. The SMILES string of the molecule is N#CC1CCC(NC(=O)c2cc(-c3nc(NC4CCCNC4)ncc3C(F)(F)F)c[nH]2)CC1. The van der Waals surface area contributed by atoms with Crippen molar-refractivity contribution in [2.75, 3.05) is 18.4 Å². The van der Waals surface area contributed by atoms with E-state index in [1.54, 1.807) is 0 Å². The summed E-state index contributed by atoms with van der Waals surface area (Å²) in [4.78, 5) is 23.4. The molecule has 1 unspecified atom stereocenters. The molecule has 0 spiro atoms. The molecule has 1 atom stereocenters. The number of amides is 1. The minimum atomic E-state index is -4.64. The van der Waals surface area contributed by atoms with Crippen LogP contribution in [0.1, 0.15) is 54.6 Å². The fourth-order valence-corrected chi connectivity index (χ4v) is 4.33. The summed E-state index contributed by atoms with van der Waals surface area (Å²) in [6, 6.07) is 3.60. The number of nitrogens with one attached hydrogen (secondary N) is 4. The minimum absolute atomic E-state index is 0.0148. The van der Waals surface area contributed by atoms with Crippen LogP contribution in [-0.2, 0) is 6.18 Å². The normalized spacial score (nSPS) is 23.5. The number of hydrogen-bond donors (Lipinski definition) is 4. The average molecular weight is 461 g/mol. The Hall–Kier alpha value is -3.13. The first kappa shape index (κ1) is 23.0. The van der Waals surface area contributed by atoms with Crippen molar-refractivity contribution in [1.29, 1.82) is 5.26 Å². The number of aromatic nitrogens is 3. The molecule has 0 radical (unpaired) electrons. The van der Waals surface area contributed by atoms with E-state index in [1.165, 1.54) is 12.3 Å². The molecule has 4 rings (SSSR count). The maximum Gasteiger partial charge on any atom is 0.419 e. The second-order valence-electron chi connectivity index (χ2n) is 8.59. The maximum atomic E-state index is 13.6. The molecule has 1 saturated carbocycles. The van der Waals surface area contributed by atoms with Gasteiger partial charge in [0.15, 0.2) is 0 Å². The number of aromatic amines is 1. The molecule has 1 saturated heterocycles. The lowest BCUT2D eigenvalue weighted by molar-refractivity contribution is -0.137. The number of nitrogens with zero attached hydrogens (tertiary/aromatic N) is 3. The highest BCUT2D eigenvalue weighted by Gasteiger charge is 2.36. The highest BCUT2D eigenvalue weighted by atomic mass is 19.4. The Morgan fingerprint density at radius 1 is 1.18 bits per heavy atom. The average Bonchev–Trinajstić information content (AvgIpc) is 3.30. The number of H-pyrrole nitrogens is 1. The molecule has 2 aromatic heterocycles. The zero-order valence-electron chi connectivity index (χ0n) is 18.0. The maximum absolute atomic E-state index is 13.6. The molecule has 2 aliphatic rings. The standard InChI is InChI=1S/C22H26F3N7O/c23-22(24,25)17-12-29-21(31-16-2-1-7-27-11-16)32-19(17)14-8-18(28-10-14)20(33)30-15-5-3-13(9-26)4-6-15/h8,10,12-13,15-16,27-28H,1-7,11H2,(H,30,33)(H,29,31,32). The van der Waals surface area contributed by atoms with Gasteiger partial charge in [-0.25, -0.2) is 9.97 Å². The van der Waals surface area contributed by atoms with Crippen LogP contribution in [0.3, 0.4) is 0 Å². The van der Waals surface area contributed by atoms with Gasteiger partial charge in [0.05, 0.1) is 11.8 Å². The van der Waals surface area contributed by atoms with Crippen molar-refractivity contribution in [2.45, 2.75) is 56.8 Å². The van der Waals surface area contributed by atoms with E-state index in [0.29, 0.717) is 19.4 Å². The summed E-state index contributed by atoms with van der Waals surface area (Å²) in [6.45, 7) is 1.59. The van der Waals surface area contributed by atoms with Crippen molar-refractivity contribution in [1.82, 2.24) is 25.6 Å². The topological polar surface area (TPSA) is 119 Å². The van der Waals surface area contributed by atoms with Crippen molar-refractivity contribution < 1.29 is 18.0 Å². The van der Waals surface area contributed by atoms with Crippen LogP contribution in [0.2, 0.25) is 0 Å². The lowest BCUT2D eigenvalue weighted by Gasteiger charge is -2.25. The van der Waals surface area contributed by atoms with Gasteiger partial charge in [0.2, 0.25) is 5.95 Å². The van der Waals surface area contributed by atoms with Crippen LogP contribution in [0.4, 0.5) is 19.1 Å². The van der Waals surface area contributed by atoms with E-state index in [1.807, 2.05) is 0 Å². The molecule has 176 valence electrons. The molecular weight excluding hydrogens is 435 g/mol. The summed E-state index contributed by atoms with van der Waals surface area (Å²) in [5, 5.41) is 18.2. The van der Waals surface area contributed by atoms with Gasteiger partial charge in [-0.1, -0.05) is 0 Å². The van der Waals surface area contributed by atoms with E-state index in [-0.39, 0.29) is 40.9 Å². The predicted octanol–water partition coefficient (Wildman–Crippen LogP) is 3.47. The Morgan fingerprint density at radius 3 is 2.64 bits per heavy atom. The van der Waals surface area contributed by atoms with Gasteiger partial charge in [-0.2, -0.15) is 18.4 Å². The fourth-order valence-electron chi connectivity index (χ4n) is 4.33. The van der Waals surface area contributed by atoms with E-state index >= 15 is 0 Å². The van der Waals surface area contributed by atoms with Gasteiger partial charge in [-0.15, -0.1) is 0 Å². The molecule has 2 aromatic rings. The highest BCUT2D eigenvalue weighted by Crippen LogP contribution is 2.36. The van der Waals surface area contributed by atoms with Crippen molar-refractivity contribution in [3.05, 3.63) is 29.7 Å². The number of halogens is 3. The van der Waals surface area contributed by atoms with Gasteiger partial charge in [0.25, 0.3) is 5.91 Å². The number of alkyl halides is 3. The van der Waals surface area contributed by atoms with Gasteiger partial charge in [-0.05, 0) is 51.1 Å². The van der Waals surface area contributed by atoms with Crippen molar-refractivity contribution >= 4 is 11.9 Å². The van der Waals surface area contributed by atoms with E-state index < -0.39 is 17.6 Å².